The van der Waals surface area contributed by atoms with E-state index in [0.29, 0.717) is 0 Å². The molecule has 0 bridgehead atoms. The van der Waals surface area contributed by atoms with Gasteiger partial charge in [0.2, 0.25) is 0 Å². The Morgan fingerprint density at radius 2 is 1.74 bits per heavy atom. The van der Waals surface area contributed by atoms with Crippen molar-refractivity contribution in [3.8, 4) is 0 Å². The third-order valence-corrected chi connectivity index (χ3v) is 4.69. The van der Waals surface area contributed by atoms with Crippen LogP contribution in [0.1, 0.15) is 51.3 Å². The topological polar surface area (TPSA) is 12.4 Å². The molecule has 23 heavy (non-hydrogen) atoms. The number of rotatable bonds is 5. The van der Waals surface area contributed by atoms with Crippen LogP contribution in [0.3, 0.4) is 0 Å². The molecule has 122 valence electrons. The van der Waals surface area contributed by atoms with Gasteiger partial charge in [0.05, 0.1) is 0 Å². The van der Waals surface area contributed by atoms with Crippen LogP contribution in [0.4, 0.5) is 0 Å². The maximum absolute atomic E-state index is 4.75. The van der Waals surface area contributed by atoms with Crippen molar-refractivity contribution in [2.45, 2.75) is 41.5 Å². The van der Waals surface area contributed by atoms with Crippen molar-refractivity contribution in [3.05, 3.63) is 74.5 Å². The monoisotopic (exact) mass is 419 g/mol. The molecule has 1 rings (SSSR count). The van der Waals surface area contributed by atoms with Gasteiger partial charge in [-0.3, -0.25) is 4.99 Å². The fourth-order valence-electron chi connectivity index (χ4n) is 2.42. The van der Waals surface area contributed by atoms with Crippen LogP contribution in [-0.4, -0.2) is 5.71 Å². The second-order valence-electron chi connectivity index (χ2n) is 5.60. The quantitative estimate of drug-likeness (QED) is 0.276. The lowest BCUT2D eigenvalue weighted by Gasteiger charge is -2.14. The maximum Gasteiger partial charge on any atom is 0.0465 e. The summed E-state index contributed by atoms with van der Waals surface area (Å²) in [6.07, 6.45) is 6.13. The minimum Gasteiger partial charge on any atom is -0.257 e. The molecule has 0 fully saturated rings. The molecule has 0 aliphatic carbocycles. The van der Waals surface area contributed by atoms with E-state index in [-0.39, 0.29) is 0 Å². The Bertz CT molecular complexity index is 711. The van der Waals surface area contributed by atoms with Gasteiger partial charge in [0.25, 0.3) is 0 Å². The number of hydrogen-bond donors (Lipinski definition) is 0. The summed E-state index contributed by atoms with van der Waals surface area (Å²) >= 11 is 2.32. The van der Waals surface area contributed by atoms with Crippen LogP contribution < -0.4 is 0 Å². The molecule has 0 aliphatic rings. The highest BCUT2D eigenvalue weighted by atomic mass is 127. The molecular formula is C21H26IN. The van der Waals surface area contributed by atoms with E-state index in [0.717, 1.165) is 11.4 Å². The average molecular weight is 419 g/mol. The molecule has 0 radical (unpaired) electrons. The van der Waals surface area contributed by atoms with E-state index >= 15 is 0 Å². The summed E-state index contributed by atoms with van der Waals surface area (Å²) in [4.78, 5) is 4.75. The summed E-state index contributed by atoms with van der Waals surface area (Å²) in [6.45, 7) is 16.4. The lowest BCUT2D eigenvalue weighted by atomic mass is 9.91. The molecule has 2 heteroatoms. The highest BCUT2D eigenvalue weighted by Gasteiger charge is 2.10. The fourth-order valence-corrected chi connectivity index (χ4v) is 2.54. The van der Waals surface area contributed by atoms with Crippen molar-refractivity contribution in [1.82, 2.24) is 0 Å². The standard InChI is InChI=1S/C21H26IN/c1-8-11-19(14(3)9-2)21-13-10-12-20(15(21)4)18(7)23-17(6)16(5)22/h8-13H,2H2,1,3-7H3/b11-8-,17-16+,19-14+,23-18?. The van der Waals surface area contributed by atoms with Crippen LogP contribution in [-0.2, 0) is 0 Å². The van der Waals surface area contributed by atoms with Crippen LogP contribution in [0.25, 0.3) is 5.57 Å². The highest BCUT2D eigenvalue weighted by molar-refractivity contribution is 14.1. The van der Waals surface area contributed by atoms with Gasteiger partial charge in [0.15, 0.2) is 0 Å². The molecule has 0 N–H and O–H groups in total. The molecule has 0 aliphatic heterocycles. The molecule has 1 nitrogen and oxygen atoms in total. The summed E-state index contributed by atoms with van der Waals surface area (Å²) in [7, 11) is 0. The smallest absolute Gasteiger partial charge is 0.0465 e. The van der Waals surface area contributed by atoms with E-state index < -0.39 is 0 Å². The van der Waals surface area contributed by atoms with Crippen molar-refractivity contribution in [2.75, 3.05) is 0 Å². The van der Waals surface area contributed by atoms with E-state index in [4.69, 9.17) is 4.99 Å². The Kier molecular flexibility index (Phi) is 7.69. The molecule has 0 unspecified atom stereocenters. The van der Waals surface area contributed by atoms with Gasteiger partial charge in [-0.1, -0.05) is 43.0 Å². The highest BCUT2D eigenvalue weighted by Crippen LogP contribution is 2.27. The second-order valence-corrected chi connectivity index (χ2v) is 7.21. The third-order valence-electron chi connectivity index (χ3n) is 3.91. The summed E-state index contributed by atoms with van der Waals surface area (Å²) in [6, 6.07) is 6.41. The molecule has 0 atom stereocenters. The summed E-state index contributed by atoms with van der Waals surface area (Å²) < 4.78 is 1.22. The van der Waals surface area contributed by atoms with Gasteiger partial charge in [0, 0.05) is 15.0 Å². The first-order chi connectivity index (χ1) is 10.8. The van der Waals surface area contributed by atoms with Crippen molar-refractivity contribution in [1.29, 1.82) is 0 Å². The first kappa shape index (κ1) is 19.6. The number of aliphatic imine (C=N–C) groups is 1. The van der Waals surface area contributed by atoms with E-state index in [2.05, 4.69) is 94.1 Å². The Hall–Kier alpha value is -1.42. The Labute approximate surface area is 154 Å². The molecule has 0 amide bonds. The summed E-state index contributed by atoms with van der Waals surface area (Å²) in [5, 5.41) is 0. The number of nitrogens with zero attached hydrogens (tertiary/aromatic N) is 1. The van der Waals surface area contributed by atoms with Crippen LogP contribution in [0.2, 0.25) is 0 Å². The maximum atomic E-state index is 4.75. The zero-order valence-corrected chi connectivity index (χ0v) is 17.2. The fraction of sp³-hybridized carbons (Fsp3) is 0.286. The van der Waals surface area contributed by atoms with Gasteiger partial charge in [-0.15, -0.1) is 0 Å². The molecule has 0 aromatic heterocycles. The molecule has 0 saturated heterocycles. The van der Waals surface area contributed by atoms with Crippen LogP contribution in [0.15, 0.2) is 62.8 Å². The van der Waals surface area contributed by atoms with E-state index in [1.54, 1.807) is 0 Å². The van der Waals surface area contributed by atoms with Crippen molar-refractivity contribution in [3.63, 3.8) is 0 Å². The van der Waals surface area contributed by atoms with Crippen molar-refractivity contribution in [2.24, 2.45) is 4.99 Å². The van der Waals surface area contributed by atoms with Gasteiger partial charge < -0.3 is 0 Å². The van der Waals surface area contributed by atoms with E-state index in [1.807, 2.05) is 13.0 Å². The van der Waals surface area contributed by atoms with Crippen molar-refractivity contribution >= 4 is 33.9 Å². The number of hydrogen-bond acceptors (Lipinski definition) is 1. The number of halogens is 1. The predicted octanol–water partition coefficient (Wildman–Crippen LogP) is 7.03. The van der Waals surface area contributed by atoms with Gasteiger partial charge in [-0.05, 0) is 92.0 Å². The van der Waals surface area contributed by atoms with Gasteiger partial charge >= 0.3 is 0 Å². The zero-order chi connectivity index (χ0) is 17.6. The Morgan fingerprint density at radius 1 is 1.13 bits per heavy atom. The van der Waals surface area contributed by atoms with Gasteiger partial charge in [0.1, 0.15) is 0 Å². The van der Waals surface area contributed by atoms with E-state index in [1.165, 1.54) is 31.4 Å². The normalized spacial score (nSPS) is 14.7. The molecule has 0 saturated carbocycles. The van der Waals surface area contributed by atoms with Gasteiger partial charge in [-0.2, -0.15) is 0 Å². The SMILES string of the molecule is C=C/C(C)=C(\C=C/C)c1cccc(C(C)=N/C(C)=C(\C)I)c1C. The minimum atomic E-state index is 1.05. The number of benzene rings is 1. The summed E-state index contributed by atoms with van der Waals surface area (Å²) in [5.41, 5.74) is 8.19. The molecule has 0 spiro atoms. The zero-order valence-electron chi connectivity index (χ0n) is 15.0. The van der Waals surface area contributed by atoms with Crippen LogP contribution in [0, 0.1) is 6.92 Å². The first-order valence-electron chi connectivity index (χ1n) is 7.78. The average Bonchev–Trinajstić information content (AvgIpc) is 2.52. The summed E-state index contributed by atoms with van der Waals surface area (Å²) in [5.74, 6) is 0. The Morgan fingerprint density at radius 3 is 2.26 bits per heavy atom. The molecule has 0 heterocycles. The predicted molar refractivity (Wildman–Crippen MR) is 113 cm³/mol. The molecule has 1 aromatic rings. The molecular weight excluding hydrogens is 393 g/mol. The van der Waals surface area contributed by atoms with Crippen molar-refractivity contribution < 1.29 is 0 Å². The number of allylic oxidation sites excluding steroid dienone is 7. The van der Waals surface area contributed by atoms with E-state index in [9.17, 15) is 0 Å². The first-order valence-corrected chi connectivity index (χ1v) is 8.86. The largest absolute Gasteiger partial charge is 0.257 e. The Balaban J connectivity index is 3.55. The molecule has 1 aromatic carbocycles. The lowest BCUT2D eigenvalue weighted by molar-refractivity contribution is 1.26. The minimum absolute atomic E-state index is 1.05. The van der Waals surface area contributed by atoms with Crippen LogP contribution in [0.5, 0.6) is 0 Å². The second kappa shape index (κ2) is 9.02. The van der Waals surface area contributed by atoms with Crippen LogP contribution >= 0.6 is 22.6 Å². The van der Waals surface area contributed by atoms with Gasteiger partial charge in [-0.25, -0.2) is 0 Å². The third kappa shape index (κ3) is 5.03. The lowest BCUT2D eigenvalue weighted by Crippen LogP contribution is -2.02.